The Kier molecular flexibility index (Phi) is 4.71. The van der Waals surface area contributed by atoms with E-state index < -0.39 is 6.36 Å². The number of carbonyl (C=O) groups excluding carboxylic acids is 1. The van der Waals surface area contributed by atoms with Gasteiger partial charge in [-0.05, 0) is 48.6 Å². The van der Waals surface area contributed by atoms with E-state index in [-0.39, 0.29) is 43.1 Å². The third-order valence-corrected chi connectivity index (χ3v) is 4.97. The van der Waals surface area contributed by atoms with Crippen molar-refractivity contribution in [2.75, 3.05) is 6.61 Å². The number of aliphatic hydroxyl groups excluding tert-OH is 1. The Balaban J connectivity index is 1.52. The summed E-state index contributed by atoms with van der Waals surface area (Å²) in [4.78, 5) is 12.1. The number of halogens is 3. The number of aryl methyl sites for hydroxylation is 1. The van der Waals surface area contributed by atoms with Gasteiger partial charge in [0.25, 0.3) is 0 Å². The van der Waals surface area contributed by atoms with Gasteiger partial charge in [0.2, 0.25) is 5.91 Å². The van der Waals surface area contributed by atoms with Crippen molar-refractivity contribution in [2.45, 2.75) is 38.1 Å². The first-order valence-corrected chi connectivity index (χ1v) is 8.11. The zero-order chi connectivity index (χ0) is 17.3. The number of alkyl halides is 3. The van der Waals surface area contributed by atoms with Crippen LogP contribution in [0.4, 0.5) is 13.2 Å². The lowest BCUT2D eigenvalue weighted by atomic mass is 10.0. The molecule has 0 spiro atoms. The highest BCUT2D eigenvalue weighted by atomic mass is 19.4. The maximum absolute atomic E-state index is 12.4. The van der Waals surface area contributed by atoms with Crippen LogP contribution in [0.2, 0.25) is 0 Å². The number of ether oxygens (including phenoxy) is 1. The van der Waals surface area contributed by atoms with Crippen LogP contribution in [-0.4, -0.2) is 30.0 Å². The third-order valence-electron chi connectivity index (χ3n) is 4.97. The first kappa shape index (κ1) is 17.1. The SMILES string of the molecule is O=C(CCc1ccccc1OC(F)(F)F)N[C@H]1C[C@@H](CO)[C@@H]2C[C@@H]21. The number of nitrogens with one attached hydrogen (secondary N) is 1. The molecule has 0 aromatic heterocycles. The highest BCUT2D eigenvalue weighted by Crippen LogP contribution is 2.55. The maximum atomic E-state index is 12.4. The fourth-order valence-corrected chi connectivity index (χ4v) is 3.75. The van der Waals surface area contributed by atoms with Crippen molar-refractivity contribution in [3.05, 3.63) is 29.8 Å². The minimum absolute atomic E-state index is 0.0846. The summed E-state index contributed by atoms with van der Waals surface area (Å²) in [5, 5.41) is 12.2. The number of fused-ring (bicyclic) bond motifs is 1. The summed E-state index contributed by atoms with van der Waals surface area (Å²) >= 11 is 0. The quantitative estimate of drug-likeness (QED) is 0.835. The van der Waals surface area contributed by atoms with Crippen molar-refractivity contribution in [2.24, 2.45) is 17.8 Å². The highest BCUT2D eigenvalue weighted by Gasteiger charge is 2.54. The summed E-state index contributed by atoms with van der Waals surface area (Å²) in [6.45, 7) is 0.149. The van der Waals surface area contributed by atoms with Gasteiger partial charge >= 0.3 is 6.36 Å². The van der Waals surface area contributed by atoms with E-state index in [4.69, 9.17) is 0 Å². The zero-order valence-corrected chi connectivity index (χ0v) is 13.1. The minimum Gasteiger partial charge on any atom is -0.406 e. The zero-order valence-electron chi connectivity index (χ0n) is 13.1. The predicted octanol–water partition coefficient (Wildman–Crippen LogP) is 2.65. The summed E-state index contributed by atoms with van der Waals surface area (Å²) in [6, 6.07) is 5.95. The fraction of sp³-hybridized carbons (Fsp3) is 0.588. The van der Waals surface area contributed by atoms with E-state index in [9.17, 15) is 23.1 Å². The summed E-state index contributed by atoms with van der Waals surface area (Å²) in [7, 11) is 0. The summed E-state index contributed by atoms with van der Waals surface area (Å²) < 4.78 is 41.2. The molecule has 0 radical (unpaired) electrons. The van der Waals surface area contributed by atoms with Crippen molar-refractivity contribution < 1.29 is 27.8 Å². The van der Waals surface area contributed by atoms with Gasteiger partial charge in [0.15, 0.2) is 0 Å². The molecule has 2 N–H and O–H groups in total. The van der Waals surface area contributed by atoms with Crippen molar-refractivity contribution in [3.8, 4) is 5.75 Å². The fourth-order valence-electron chi connectivity index (χ4n) is 3.75. The Hall–Kier alpha value is -1.76. The van der Waals surface area contributed by atoms with Crippen LogP contribution in [0.5, 0.6) is 5.75 Å². The van der Waals surface area contributed by atoms with Crippen LogP contribution < -0.4 is 10.1 Å². The molecule has 2 aliphatic carbocycles. The molecule has 2 fully saturated rings. The van der Waals surface area contributed by atoms with E-state index in [1.165, 1.54) is 18.2 Å². The minimum atomic E-state index is -4.75. The Bertz CT molecular complexity index is 605. The molecular formula is C17H20F3NO3. The van der Waals surface area contributed by atoms with Crippen LogP contribution >= 0.6 is 0 Å². The van der Waals surface area contributed by atoms with Crippen LogP contribution in [0.25, 0.3) is 0 Å². The van der Waals surface area contributed by atoms with Gasteiger partial charge in [-0.15, -0.1) is 13.2 Å². The van der Waals surface area contributed by atoms with E-state index in [1.54, 1.807) is 6.07 Å². The van der Waals surface area contributed by atoms with E-state index in [0.29, 0.717) is 17.4 Å². The Morgan fingerprint density at radius 3 is 2.67 bits per heavy atom. The highest BCUT2D eigenvalue weighted by molar-refractivity contribution is 5.76. The second-order valence-electron chi connectivity index (χ2n) is 6.57. The van der Waals surface area contributed by atoms with Crippen LogP contribution in [-0.2, 0) is 11.2 Å². The topological polar surface area (TPSA) is 58.6 Å². The number of hydrogen-bond donors (Lipinski definition) is 2. The number of para-hydroxylation sites is 1. The lowest BCUT2D eigenvalue weighted by Gasteiger charge is -2.17. The second-order valence-corrected chi connectivity index (χ2v) is 6.57. The predicted molar refractivity (Wildman–Crippen MR) is 80.2 cm³/mol. The molecule has 4 atom stereocenters. The van der Waals surface area contributed by atoms with E-state index in [2.05, 4.69) is 10.1 Å². The number of rotatable bonds is 6. The van der Waals surface area contributed by atoms with Gasteiger partial charge in [-0.25, -0.2) is 0 Å². The lowest BCUT2D eigenvalue weighted by Crippen LogP contribution is -2.35. The normalized spacial score (nSPS) is 28.3. The van der Waals surface area contributed by atoms with Gasteiger partial charge in [0.05, 0.1) is 0 Å². The molecule has 132 valence electrons. The average Bonchev–Trinajstić information content (AvgIpc) is 3.23. The molecule has 1 amide bonds. The van der Waals surface area contributed by atoms with Crippen LogP contribution in [0.3, 0.4) is 0 Å². The molecule has 1 aromatic rings. The maximum Gasteiger partial charge on any atom is 0.573 e. The van der Waals surface area contributed by atoms with Crippen molar-refractivity contribution in [1.29, 1.82) is 0 Å². The van der Waals surface area contributed by atoms with Crippen molar-refractivity contribution in [3.63, 3.8) is 0 Å². The number of amides is 1. The van der Waals surface area contributed by atoms with Crippen LogP contribution in [0.15, 0.2) is 24.3 Å². The van der Waals surface area contributed by atoms with E-state index in [0.717, 1.165) is 12.8 Å². The first-order chi connectivity index (χ1) is 11.4. The Morgan fingerprint density at radius 1 is 1.25 bits per heavy atom. The molecule has 0 aliphatic heterocycles. The second kappa shape index (κ2) is 6.63. The molecule has 3 rings (SSSR count). The third kappa shape index (κ3) is 4.01. The standard InChI is InChI=1S/C17H20F3NO3/c18-17(19,20)24-15-4-2-1-3-10(15)5-6-16(23)21-14-7-11(9-22)12-8-13(12)14/h1-4,11-14,22H,5-9H2,(H,21,23)/t11-,12-,13-,14-/m0/s1. The summed E-state index contributed by atoms with van der Waals surface area (Å²) in [5.41, 5.74) is 0.355. The van der Waals surface area contributed by atoms with Gasteiger partial charge in [-0.3, -0.25) is 4.79 Å². The smallest absolute Gasteiger partial charge is 0.406 e. The van der Waals surface area contributed by atoms with Crippen molar-refractivity contribution in [1.82, 2.24) is 5.32 Å². The number of hydrogen-bond acceptors (Lipinski definition) is 3. The van der Waals surface area contributed by atoms with E-state index >= 15 is 0 Å². The van der Waals surface area contributed by atoms with Crippen LogP contribution in [0.1, 0.15) is 24.8 Å². The van der Waals surface area contributed by atoms with E-state index in [1.807, 2.05) is 0 Å². The lowest BCUT2D eigenvalue weighted by molar-refractivity contribution is -0.274. The number of benzene rings is 1. The molecule has 0 bridgehead atoms. The Labute approximate surface area is 138 Å². The van der Waals surface area contributed by atoms with Gasteiger partial charge in [-0.2, -0.15) is 0 Å². The molecule has 0 heterocycles. The molecule has 0 unspecified atom stereocenters. The average molecular weight is 343 g/mol. The first-order valence-electron chi connectivity index (χ1n) is 8.11. The van der Waals surface area contributed by atoms with Crippen molar-refractivity contribution >= 4 is 5.91 Å². The van der Waals surface area contributed by atoms with Gasteiger partial charge in [-0.1, -0.05) is 18.2 Å². The monoisotopic (exact) mass is 343 g/mol. The number of aliphatic hydroxyl groups is 1. The Morgan fingerprint density at radius 2 is 2.00 bits per heavy atom. The molecule has 7 heteroatoms. The van der Waals surface area contributed by atoms with Gasteiger partial charge in [0, 0.05) is 19.1 Å². The number of carbonyl (C=O) groups is 1. The van der Waals surface area contributed by atoms with Crippen LogP contribution in [0, 0.1) is 17.8 Å². The molecule has 1 aromatic carbocycles. The van der Waals surface area contributed by atoms with Gasteiger partial charge in [0.1, 0.15) is 5.75 Å². The molecule has 24 heavy (non-hydrogen) atoms. The molecule has 2 saturated carbocycles. The summed E-state index contributed by atoms with van der Waals surface area (Å²) in [6.07, 6.45) is -2.63. The molecule has 2 aliphatic rings. The van der Waals surface area contributed by atoms with Gasteiger partial charge < -0.3 is 15.2 Å². The largest absolute Gasteiger partial charge is 0.573 e. The molecular weight excluding hydrogens is 323 g/mol. The molecule has 4 nitrogen and oxygen atoms in total. The molecule has 0 saturated heterocycles. The summed E-state index contributed by atoms with van der Waals surface area (Å²) in [5.74, 6) is 0.793.